The first-order valence-electron chi connectivity index (χ1n) is 7.30. The van der Waals surface area contributed by atoms with Crippen molar-refractivity contribution in [2.75, 3.05) is 13.1 Å². The predicted molar refractivity (Wildman–Crippen MR) is 82.9 cm³/mol. The molecule has 2 unspecified atom stereocenters. The minimum atomic E-state index is -3.48. The lowest BCUT2D eigenvalue weighted by atomic mass is 10.1. The van der Waals surface area contributed by atoms with Crippen LogP contribution in [0.1, 0.15) is 32.0 Å². The van der Waals surface area contributed by atoms with Crippen molar-refractivity contribution in [1.82, 2.24) is 13.9 Å². The van der Waals surface area contributed by atoms with Crippen molar-refractivity contribution in [3.63, 3.8) is 0 Å². The van der Waals surface area contributed by atoms with Crippen LogP contribution >= 0.6 is 12.4 Å². The Balaban J connectivity index is 0.00000161. The van der Waals surface area contributed by atoms with Crippen LogP contribution in [0.2, 0.25) is 0 Å². The molecule has 0 aromatic carbocycles. The molecule has 3 heterocycles. The molecular formula is C13H23ClN4O2S. The van der Waals surface area contributed by atoms with Crippen molar-refractivity contribution in [3.05, 3.63) is 12.0 Å². The van der Waals surface area contributed by atoms with Gasteiger partial charge in [-0.2, -0.15) is 4.31 Å². The highest BCUT2D eigenvalue weighted by atomic mass is 35.5. The predicted octanol–water partition coefficient (Wildman–Crippen LogP) is 0.999. The number of rotatable bonds is 3. The van der Waals surface area contributed by atoms with Crippen LogP contribution in [0.4, 0.5) is 0 Å². The van der Waals surface area contributed by atoms with Crippen molar-refractivity contribution in [3.8, 4) is 0 Å². The molecule has 2 aliphatic rings. The van der Waals surface area contributed by atoms with E-state index in [1.165, 1.54) is 0 Å². The number of aryl methyl sites for hydroxylation is 2. The van der Waals surface area contributed by atoms with E-state index in [2.05, 4.69) is 4.98 Å². The molecular weight excluding hydrogens is 312 g/mol. The van der Waals surface area contributed by atoms with E-state index in [9.17, 15) is 8.42 Å². The Morgan fingerprint density at radius 3 is 2.81 bits per heavy atom. The highest BCUT2D eigenvalue weighted by Crippen LogP contribution is 2.29. The first kappa shape index (κ1) is 16.7. The van der Waals surface area contributed by atoms with Gasteiger partial charge in [-0.05, 0) is 38.6 Å². The van der Waals surface area contributed by atoms with Gasteiger partial charge < -0.3 is 10.3 Å². The Kier molecular flexibility index (Phi) is 4.97. The zero-order valence-electron chi connectivity index (χ0n) is 12.2. The van der Waals surface area contributed by atoms with Crippen molar-refractivity contribution in [2.45, 2.75) is 50.2 Å². The zero-order valence-corrected chi connectivity index (χ0v) is 13.9. The van der Waals surface area contributed by atoms with E-state index in [0.717, 1.165) is 38.1 Å². The third-order valence-electron chi connectivity index (χ3n) is 4.40. The SMILES string of the molecule is CC1CC(CN)CN1S(=O)(=O)c1cn2c(n1)CCCC2.Cl. The standard InChI is InChI=1S/C13H22N4O2S.ClH/c1-10-6-11(7-14)8-17(10)20(18,19)13-9-16-5-3-2-4-12(16)15-13;/h9-11H,2-8,14H2,1H3;1H. The zero-order chi connectivity index (χ0) is 14.3. The summed E-state index contributed by atoms with van der Waals surface area (Å²) in [6.07, 6.45) is 5.59. The highest BCUT2D eigenvalue weighted by molar-refractivity contribution is 7.89. The van der Waals surface area contributed by atoms with E-state index in [4.69, 9.17) is 5.73 Å². The number of aromatic nitrogens is 2. The van der Waals surface area contributed by atoms with Crippen LogP contribution in [0.3, 0.4) is 0 Å². The molecule has 8 heteroatoms. The van der Waals surface area contributed by atoms with Gasteiger partial charge in [-0.3, -0.25) is 0 Å². The first-order valence-corrected chi connectivity index (χ1v) is 8.74. The number of hydrogen-bond acceptors (Lipinski definition) is 4. The maximum atomic E-state index is 12.7. The summed E-state index contributed by atoms with van der Waals surface area (Å²) in [7, 11) is -3.48. The molecule has 120 valence electrons. The second-order valence-corrected chi connectivity index (χ2v) is 7.74. The normalized spacial score (nSPS) is 26.4. The summed E-state index contributed by atoms with van der Waals surface area (Å²) >= 11 is 0. The number of fused-ring (bicyclic) bond motifs is 1. The summed E-state index contributed by atoms with van der Waals surface area (Å²) in [4.78, 5) is 4.35. The number of hydrogen-bond donors (Lipinski definition) is 1. The number of nitrogens with zero attached hydrogens (tertiary/aromatic N) is 3. The van der Waals surface area contributed by atoms with Gasteiger partial charge in [0, 0.05) is 31.7 Å². The maximum Gasteiger partial charge on any atom is 0.262 e. The fourth-order valence-electron chi connectivity index (χ4n) is 3.25. The van der Waals surface area contributed by atoms with E-state index in [1.54, 1.807) is 10.5 Å². The van der Waals surface area contributed by atoms with E-state index < -0.39 is 10.0 Å². The minimum Gasteiger partial charge on any atom is -0.333 e. The lowest BCUT2D eigenvalue weighted by Crippen LogP contribution is -2.34. The van der Waals surface area contributed by atoms with Crippen LogP contribution in [0, 0.1) is 5.92 Å². The Bertz CT molecular complexity index is 578. The van der Waals surface area contributed by atoms with Gasteiger partial charge in [0.05, 0.1) is 0 Å². The average molecular weight is 335 g/mol. The van der Waals surface area contributed by atoms with Crippen LogP contribution in [0.25, 0.3) is 0 Å². The van der Waals surface area contributed by atoms with Gasteiger partial charge in [-0.25, -0.2) is 13.4 Å². The Morgan fingerprint density at radius 1 is 1.43 bits per heavy atom. The molecule has 0 amide bonds. The van der Waals surface area contributed by atoms with Crippen LogP contribution in [0.5, 0.6) is 0 Å². The molecule has 1 fully saturated rings. The molecule has 0 radical (unpaired) electrons. The van der Waals surface area contributed by atoms with Crippen molar-refractivity contribution >= 4 is 22.4 Å². The topological polar surface area (TPSA) is 81.2 Å². The average Bonchev–Trinajstić information content (AvgIpc) is 3.02. The monoisotopic (exact) mass is 334 g/mol. The van der Waals surface area contributed by atoms with Crippen molar-refractivity contribution in [2.24, 2.45) is 11.7 Å². The van der Waals surface area contributed by atoms with Gasteiger partial charge in [0.2, 0.25) is 0 Å². The van der Waals surface area contributed by atoms with Gasteiger partial charge >= 0.3 is 0 Å². The number of halogens is 1. The molecule has 21 heavy (non-hydrogen) atoms. The van der Waals surface area contributed by atoms with Crippen LogP contribution < -0.4 is 5.73 Å². The third-order valence-corrected chi connectivity index (χ3v) is 6.25. The molecule has 0 aliphatic carbocycles. The van der Waals surface area contributed by atoms with Crippen molar-refractivity contribution < 1.29 is 8.42 Å². The Morgan fingerprint density at radius 2 is 2.19 bits per heavy atom. The maximum absolute atomic E-state index is 12.7. The first-order chi connectivity index (χ1) is 9.52. The number of imidazole rings is 1. The second kappa shape index (κ2) is 6.24. The minimum absolute atomic E-state index is 0. The Hall–Kier alpha value is -0.630. The molecule has 0 spiro atoms. The molecule has 3 rings (SSSR count). The fraction of sp³-hybridized carbons (Fsp3) is 0.769. The fourth-order valence-corrected chi connectivity index (χ4v) is 4.93. The molecule has 1 aromatic heterocycles. The summed E-state index contributed by atoms with van der Waals surface area (Å²) in [5, 5.41) is 0.207. The van der Waals surface area contributed by atoms with E-state index in [-0.39, 0.29) is 29.4 Å². The number of sulfonamides is 1. The second-order valence-electron chi connectivity index (χ2n) is 5.91. The summed E-state index contributed by atoms with van der Waals surface area (Å²) < 4.78 is 29.0. The molecule has 1 saturated heterocycles. The third kappa shape index (κ3) is 2.97. The van der Waals surface area contributed by atoms with Gasteiger partial charge in [0.25, 0.3) is 10.0 Å². The molecule has 0 saturated carbocycles. The van der Waals surface area contributed by atoms with Gasteiger partial charge in [0.15, 0.2) is 5.03 Å². The van der Waals surface area contributed by atoms with Gasteiger partial charge in [-0.15, -0.1) is 12.4 Å². The molecule has 1 aromatic rings. The quantitative estimate of drug-likeness (QED) is 0.894. The molecule has 2 aliphatic heterocycles. The number of nitrogens with two attached hydrogens (primary N) is 1. The molecule has 2 atom stereocenters. The van der Waals surface area contributed by atoms with E-state index >= 15 is 0 Å². The summed E-state index contributed by atoms with van der Waals surface area (Å²) in [5.74, 6) is 1.16. The molecule has 0 bridgehead atoms. The largest absolute Gasteiger partial charge is 0.333 e. The van der Waals surface area contributed by atoms with E-state index in [0.29, 0.717) is 13.1 Å². The van der Waals surface area contributed by atoms with Crippen LogP contribution in [-0.2, 0) is 23.0 Å². The van der Waals surface area contributed by atoms with Crippen LogP contribution in [0.15, 0.2) is 11.2 Å². The Labute approximate surface area is 132 Å². The van der Waals surface area contributed by atoms with Crippen LogP contribution in [-0.4, -0.2) is 41.4 Å². The lowest BCUT2D eigenvalue weighted by molar-refractivity contribution is 0.403. The van der Waals surface area contributed by atoms with Gasteiger partial charge in [-0.1, -0.05) is 0 Å². The van der Waals surface area contributed by atoms with E-state index in [1.807, 2.05) is 11.5 Å². The highest BCUT2D eigenvalue weighted by Gasteiger charge is 2.38. The summed E-state index contributed by atoms with van der Waals surface area (Å²) in [5.41, 5.74) is 5.68. The van der Waals surface area contributed by atoms with Gasteiger partial charge in [0.1, 0.15) is 5.82 Å². The summed E-state index contributed by atoms with van der Waals surface area (Å²) in [6, 6.07) is 0.00674. The summed E-state index contributed by atoms with van der Waals surface area (Å²) in [6.45, 7) is 3.88. The van der Waals surface area contributed by atoms with Crippen molar-refractivity contribution in [1.29, 1.82) is 0 Å². The smallest absolute Gasteiger partial charge is 0.262 e. The molecule has 6 nitrogen and oxygen atoms in total. The lowest BCUT2D eigenvalue weighted by Gasteiger charge is -2.19. The molecule has 2 N–H and O–H groups in total.